The predicted octanol–water partition coefficient (Wildman–Crippen LogP) is -7.57. The van der Waals surface area contributed by atoms with Crippen LogP contribution in [0.25, 0.3) is 0 Å². The van der Waals surface area contributed by atoms with Gasteiger partial charge < -0.3 is 79.9 Å². The third kappa shape index (κ3) is 5.37. The molecule has 0 radical (unpaired) electrons. The third-order valence-corrected chi connectivity index (χ3v) is 6.08. The first-order valence-electron chi connectivity index (χ1n) is 10.6. The van der Waals surface area contributed by atoms with Crippen molar-refractivity contribution >= 4 is 0 Å². The Labute approximate surface area is 192 Å². The molecule has 15 atom stereocenters. The van der Waals surface area contributed by atoms with Crippen LogP contribution in [0.4, 0.5) is 0 Å². The van der Waals surface area contributed by atoms with E-state index in [9.17, 15) is 56.2 Å². The lowest BCUT2D eigenvalue weighted by Gasteiger charge is -2.47. The highest BCUT2D eigenvalue weighted by atomic mass is 16.8. The van der Waals surface area contributed by atoms with E-state index in [0.29, 0.717) is 0 Å². The van der Waals surface area contributed by atoms with Crippen LogP contribution < -0.4 is 0 Å². The number of aliphatic hydroxyl groups excluding tert-OH is 11. The van der Waals surface area contributed by atoms with Crippen molar-refractivity contribution in [1.82, 2.24) is 0 Å². The first-order valence-corrected chi connectivity index (χ1v) is 10.6. The monoisotopic (exact) mass is 504 g/mol. The van der Waals surface area contributed by atoms with Crippen LogP contribution in [0, 0.1) is 0 Å². The van der Waals surface area contributed by atoms with Gasteiger partial charge in [-0.2, -0.15) is 0 Å². The second-order valence-electron chi connectivity index (χ2n) is 8.34. The molecular formula is C18H32O16. The van der Waals surface area contributed by atoms with Gasteiger partial charge in [-0.1, -0.05) is 0 Å². The average Bonchev–Trinajstić information content (AvgIpc) is 2.83. The number of ether oxygens (including phenoxy) is 5. The summed E-state index contributed by atoms with van der Waals surface area (Å²) in [6.07, 6.45) is -25.1. The summed E-state index contributed by atoms with van der Waals surface area (Å²) in [7, 11) is 0. The molecule has 200 valence electrons. The second-order valence-corrected chi connectivity index (χ2v) is 8.34. The maximum absolute atomic E-state index is 10.6. The number of hydrogen-bond acceptors (Lipinski definition) is 16. The average molecular weight is 504 g/mol. The van der Waals surface area contributed by atoms with E-state index in [2.05, 4.69) is 0 Å². The molecule has 0 aromatic rings. The van der Waals surface area contributed by atoms with Crippen LogP contribution in [0.5, 0.6) is 0 Å². The van der Waals surface area contributed by atoms with Crippen molar-refractivity contribution in [1.29, 1.82) is 0 Å². The van der Waals surface area contributed by atoms with E-state index in [1.54, 1.807) is 0 Å². The Bertz CT molecular complexity index is 635. The largest absolute Gasteiger partial charge is 0.394 e. The molecule has 3 saturated heterocycles. The molecule has 11 N–H and O–H groups in total. The molecule has 3 heterocycles. The van der Waals surface area contributed by atoms with Gasteiger partial charge in [-0.25, -0.2) is 0 Å². The highest BCUT2D eigenvalue weighted by Gasteiger charge is 2.52. The van der Waals surface area contributed by atoms with Gasteiger partial charge >= 0.3 is 0 Å². The summed E-state index contributed by atoms with van der Waals surface area (Å²) >= 11 is 0. The maximum Gasteiger partial charge on any atom is 0.189 e. The SMILES string of the molecule is OC[C@H]1O[C@@H](O[C@H]2[C@H](O)[C@@H](O)[C@H](O[C@H]3O[C@H](CO)[C@@H](O)[C@H](O)[C@H]3O)O[C@@H]2CO)[C@H](O)[C@@H](O)[C@H]1O. The molecule has 0 aromatic carbocycles. The van der Waals surface area contributed by atoms with Gasteiger partial charge in [0.25, 0.3) is 0 Å². The lowest BCUT2D eigenvalue weighted by molar-refractivity contribution is -0.391. The Morgan fingerprint density at radius 2 is 0.765 bits per heavy atom. The van der Waals surface area contributed by atoms with Gasteiger partial charge in [-0.05, 0) is 0 Å². The molecule has 0 aliphatic carbocycles. The topological polar surface area (TPSA) is 269 Å². The lowest BCUT2D eigenvalue weighted by Crippen LogP contribution is -2.66. The lowest BCUT2D eigenvalue weighted by atomic mass is 9.96. The molecule has 0 saturated carbocycles. The molecule has 0 unspecified atom stereocenters. The molecule has 16 nitrogen and oxygen atoms in total. The van der Waals surface area contributed by atoms with Gasteiger partial charge in [-0.3, -0.25) is 0 Å². The van der Waals surface area contributed by atoms with Crippen molar-refractivity contribution in [3.05, 3.63) is 0 Å². The van der Waals surface area contributed by atoms with Gasteiger partial charge in [0.1, 0.15) is 73.2 Å². The smallest absolute Gasteiger partial charge is 0.189 e. The first-order chi connectivity index (χ1) is 16.0. The van der Waals surface area contributed by atoms with Crippen molar-refractivity contribution in [2.45, 2.75) is 92.1 Å². The Kier molecular flexibility index (Phi) is 9.54. The molecule has 0 amide bonds. The molecule has 3 rings (SSSR count). The maximum atomic E-state index is 10.6. The Hall–Kier alpha value is -0.640. The fourth-order valence-electron chi connectivity index (χ4n) is 3.98. The van der Waals surface area contributed by atoms with E-state index in [1.807, 2.05) is 0 Å². The first kappa shape index (κ1) is 27.9. The molecule has 34 heavy (non-hydrogen) atoms. The minimum atomic E-state index is -1.91. The molecule has 3 aliphatic heterocycles. The Morgan fingerprint density at radius 1 is 0.412 bits per heavy atom. The third-order valence-electron chi connectivity index (χ3n) is 6.08. The van der Waals surface area contributed by atoms with Crippen LogP contribution in [0.2, 0.25) is 0 Å². The molecule has 3 aliphatic rings. The van der Waals surface area contributed by atoms with Crippen molar-refractivity contribution in [3.63, 3.8) is 0 Å². The summed E-state index contributed by atoms with van der Waals surface area (Å²) in [4.78, 5) is 0. The van der Waals surface area contributed by atoms with Crippen molar-refractivity contribution in [3.8, 4) is 0 Å². The zero-order valence-electron chi connectivity index (χ0n) is 17.7. The van der Waals surface area contributed by atoms with Crippen molar-refractivity contribution in [2.24, 2.45) is 0 Å². The minimum Gasteiger partial charge on any atom is -0.394 e. The highest BCUT2D eigenvalue weighted by Crippen LogP contribution is 2.31. The summed E-state index contributed by atoms with van der Waals surface area (Å²) in [6, 6.07) is 0. The zero-order valence-corrected chi connectivity index (χ0v) is 17.7. The van der Waals surface area contributed by atoms with Crippen LogP contribution in [0.15, 0.2) is 0 Å². The summed E-state index contributed by atoms with van der Waals surface area (Å²) < 4.78 is 26.5. The minimum absolute atomic E-state index is 0.740. The van der Waals surface area contributed by atoms with E-state index < -0.39 is 112 Å². The normalized spacial score (nSPS) is 52.5. The second kappa shape index (κ2) is 11.6. The van der Waals surface area contributed by atoms with Crippen LogP contribution >= 0.6 is 0 Å². The zero-order chi connectivity index (χ0) is 25.3. The van der Waals surface area contributed by atoms with E-state index in [-0.39, 0.29) is 0 Å². The summed E-state index contributed by atoms with van der Waals surface area (Å²) in [5.41, 5.74) is 0. The fourth-order valence-corrected chi connectivity index (χ4v) is 3.98. The van der Waals surface area contributed by atoms with Crippen LogP contribution in [-0.2, 0) is 23.7 Å². The van der Waals surface area contributed by atoms with Gasteiger partial charge in [0, 0.05) is 0 Å². The van der Waals surface area contributed by atoms with E-state index >= 15 is 0 Å². The number of rotatable bonds is 7. The molecule has 16 heteroatoms. The predicted molar refractivity (Wildman–Crippen MR) is 101 cm³/mol. The van der Waals surface area contributed by atoms with Crippen molar-refractivity contribution in [2.75, 3.05) is 19.8 Å². The Morgan fingerprint density at radius 3 is 1.18 bits per heavy atom. The fraction of sp³-hybridized carbons (Fsp3) is 1.00. The van der Waals surface area contributed by atoms with Crippen molar-refractivity contribution < 1.29 is 79.9 Å². The molecule has 3 fully saturated rings. The molecular weight excluding hydrogens is 472 g/mol. The van der Waals surface area contributed by atoms with Gasteiger partial charge in [0.05, 0.1) is 19.8 Å². The van der Waals surface area contributed by atoms with Crippen LogP contribution in [0.3, 0.4) is 0 Å². The van der Waals surface area contributed by atoms with Gasteiger partial charge in [0.15, 0.2) is 18.9 Å². The molecule has 0 spiro atoms. The quantitative estimate of drug-likeness (QED) is 0.154. The van der Waals surface area contributed by atoms with Gasteiger partial charge in [-0.15, -0.1) is 0 Å². The Balaban J connectivity index is 1.69. The van der Waals surface area contributed by atoms with E-state index in [1.165, 1.54) is 0 Å². The summed E-state index contributed by atoms with van der Waals surface area (Å²) in [5.74, 6) is 0. The molecule has 0 aromatic heterocycles. The number of aliphatic hydroxyl groups is 11. The van der Waals surface area contributed by atoms with E-state index in [4.69, 9.17) is 23.7 Å². The highest BCUT2D eigenvalue weighted by molar-refractivity contribution is 4.95. The van der Waals surface area contributed by atoms with Crippen LogP contribution in [0.1, 0.15) is 0 Å². The summed E-state index contributed by atoms with van der Waals surface area (Å²) in [6.45, 7) is -2.30. The van der Waals surface area contributed by atoms with Gasteiger partial charge in [0.2, 0.25) is 0 Å². The summed E-state index contributed by atoms with van der Waals surface area (Å²) in [5, 5.41) is 109. The van der Waals surface area contributed by atoms with Crippen LogP contribution in [-0.4, -0.2) is 168 Å². The molecule has 0 bridgehead atoms. The number of hydrogen-bond donors (Lipinski definition) is 11. The standard InChI is InChI=1S/C18H32O16/c19-1-4-7(22)9(24)12(27)16(30-4)33-15-6(3-21)32-18(14(29)11(15)26)34-17-13(28)10(25)8(23)5(2-20)31-17/h4-29H,1-3H2/t4-,5-,6-,7+,8-,9+,10+,11-,12-,13-,14-,15-,16+,17-,18+/m1/s1. The van der Waals surface area contributed by atoms with E-state index in [0.717, 1.165) is 0 Å².